The van der Waals surface area contributed by atoms with Gasteiger partial charge in [-0.05, 0) is 18.6 Å². The van der Waals surface area contributed by atoms with Crippen LogP contribution < -0.4 is 0 Å². The molecule has 1 unspecified atom stereocenters. The molecule has 1 aromatic heterocycles. The van der Waals surface area contributed by atoms with Crippen molar-refractivity contribution in [1.82, 2.24) is 9.47 Å². The predicted octanol–water partition coefficient (Wildman–Crippen LogP) is 2.72. The lowest BCUT2D eigenvalue weighted by atomic mass is 10.1. The SMILES string of the molecule is CC(=O)N(C)C(C)c1cn(C)c2ccccc12. The average molecular weight is 230 g/mol. The van der Waals surface area contributed by atoms with Gasteiger partial charge in [-0.25, -0.2) is 0 Å². The number of aryl methyl sites for hydroxylation is 1. The third-order valence-corrected chi connectivity index (χ3v) is 3.46. The summed E-state index contributed by atoms with van der Waals surface area (Å²) in [5.74, 6) is 0.0884. The third-order valence-electron chi connectivity index (χ3n) is 3.46. The lowest BCUT2D eigenvalue weighted by Gasteiger charge is -2.23. The predicted molar refractivity (Wildman–Crippen MR) is 69.8 cm³/mol. The van der Waals surface area contributed by atoms with Gasteiger partial charge in [0.1, 0.15) is 0 Å². The number of hydrogen-bond donors (Lipinski definition) is 0. The van der Waals surface area contributed by atoms with Crippen LogP contribution in [0.4, 0.5) is 0 Å². The van der Waals surface area contributed by atoms with Gasteiger partial charge in [0.05, 0.1) is 6.04 Å². The largest absolute Gasteiger partial charge is 0.350 e. The highest BCUT2D eigenvalue weighted by Crippen LogP contribution is 2.28. The zero-order chi connectivity index (χ0) is 12.6. The molecule has 2 aromatic rings. The van der Waals surface area contributed by atoms with Crippen LogP contribution >= 0.6 is 0 Å². The van der Waals surface area contributed by atoms with Crippen LogP contribution in [0.5, 0.6) is 0 Å². The van der Waals surface area contributed by atoms with Crippen molar-refractivity contribution in [3.8, 4) is 0 Å². The molecule has 0 bridgehead atoms. The molecule has 1 atom stereocenters. The van der Waals surface area contributed by atoms with E-state index in [-0.39, 0.29) is 11.9 Å². The Morgan fingerprint density at radius 1 is 1.35 bits per heavy atom. The Balaban J connectivity index is 2.52. The number of hydrogen-bond acceptors (Lipinski definition) is 1. The summed E-state index contributed by atoms with van der Waals surface area (Å²) >= 11 is 0. The van der Waals surface area contributed by atoms with Crippen LogP contribution in [0.3, 0.4) is 0 Å². The zero-order valence-electron chi connectivity index (χ0n) is 10.8. The van der Waals surface area contributed by atoms with Crippen molar-refractivity contribution in [2.45, 2.75) is 19.9 Å². The van der Waals surface area contributed by atoms with E-state index in [1.165, 1.54) is 16.5 Å². The van der Waals surface area contributed by atoms with E-state index in [2.05, 4.69) is 29.8 Å². The summed E-state index contributed by atoms with van der Waals surface area (Å²) in [6.45, 7) is 3.66. The fourth-order valence-electron chi connectivity index (χ4n) is 2.19. The molecule has 2 rings (SSSR count). The zero-order valence-corrected chi connectivity index (χ0v) is 10.8. The smallest absolute Gasteiger partial charge is 0.219 e. The first-order chi connectivity index (χ1) is 8.02. The van der Waals surface area contributed by atoms with Gasteiger partial charge in [-0.1, -0.05) is 18.2 Å². The van der Waals surface area contributed by atoms with Crippen molar-refractivity contribution >= 4 is 16.8 Å². The molecule has 1 heterocycles. The van der Waals surface area contributed by atoms with E-state index in [9.17, 15) is 4.79 Å². The number of benzene rings is 1. The molecule has 3 heteroatoms. The quantitative estimate of drug-likeness (QED) is 0.778. The second-order valence-corrected chi connectivity index (χ2v) is 4.52. The first-order valence-electron chi connectivity index (χ1n) is 5.79. The highest BCUT2D eigenvalue weighted by atomic mass is 16.2. The summed E-state index contributed by atoms with van der Waals surface area (Å²) in [7, 11) is 3.88. The monoisotopic (exact) mass is 230 g/mol. The van der Waals surface area contributed by atoms with Crippen molar-refractivity contribution in [3.63, 3.8) is 0 Å². The topological polar surface area (TPSA) is 25.2 Å². The Kier molecular flexibility index (Phi) is 2.92. The summed E-state index contributed by atoms with van der Waals surface area (Å²) in [4.78, 5) is 13.2. The first-order valence-corrected chi connectivity index (χ1v) is 5.79. The highest BCUT2D eigenvalue weighted by molar-refractivity contribution is 5.85. The van der Waals surface area contributed by atoms with E-state index in [1.807, 2.05) is 26.2 Å². The Morgan fingerprint density at radius 3 is 2.65 bits per heavy atom. The number of carbonyl (C=O) groups is 1. The van der Waals surface area contributed by atoms with Crippen LogP contribution in [0.2, 0.25) is 0 Å². The molecule has 3 nitrogen and oxygen atoms in total. The van der Waals surface area contributed by atoms with E-state index in [4.69, 9.17) is 0 Å². The summed E-state index contributed by atoms with van der Waals surface area (Å²) in [6, 6.07) is 8.37. The van der Waals surface area contributed by atoms with Gasteiger partial charge in [-0.15, -0.1) is 0 Å². The number of amides is 1. The van der Waals surface area contributed by atoms with E-state index >= 15 is 0 Å². The van der Waals surface area contributed by atoms with Gasteiger partial charge >= 0.3 is 0 Å². The van der Waals surface area contributed by atoms with E-state index in [1.54, 1.807) is 11.8 Å². The van der Waals surface area contributed by atoms with Crippen molar-refractivity contribution in [1.29, 1.82) is 0 Å². The number of nitrogens with zero attached hydrogens (tertiary/aromatic N) is 2. The van der Waals surface area contributed by atoms with Gasteiger partial charge < -0.3 is 9.47 Å². The molecular weight excluding hydrogens is 212 g/mol. The van der Waals surface area contributed by atoms with Crippen LogP contribution in [0.15, 0.2) is 30.5 Å². The third kappa shape index (κ3) is 1.93. The maximum absolute atomic E-state index is 11.4. The molecule has 0 N–H and O–H groups in total. The minimum absolute atomic E-state index is 0.0884. The Labute approximate surface area is 102 Å². The molecule has 1 amide bonds. The molecule has 1 aromatic carbocycles. The lowest BCUT2D eigenvalue weighted by molar-refractivity contribution is -0.129. The maximum Gasteiger partial charge on any atom is 0.219 e. The maximum atomic E-state index is 11.4. The van der Waals surface area contributed by atoms with Gasteiger partial charge in [-0.2, -0.15) is 0 Å². The van der Waals surface area contributed by atoms with E-state index in [0.29, 0.717) is 0 Å². The van der Waals surface area contributed by atoms with Gasteiger partial charge in [0.2, 0.25) is 5.91 Å². The first kappa shape index (κ1) is 11.7. The summed E-state index contributed by atoms with van der Waals surface area (Å²) < 4.78 is 2.11. The standard InChI is InChI=1S/C14H18N2O/c1-10(16(4)11(2)17)13-9-15(3)14-8-6-5-7-12(13)14/h5-10H,1-4H3. The van der Waals surface area contributed by atoms with Crippen molar-refractivity contribution in [2.75, 3.05) is 7.05 Å². The van der Waals surface area contributed by atoms with Crippen LogP contribution in [0.25, 0.3) is 10.9 Å². The van der Waals surface area contributed by atoms with Gasteiger partial charge in [-0.3, -0.25) is 4.79 Å². The van der Waals surface area contributed by atoms with Crippen LogP contribution in [-0.4, -0.2) is 22.4 Å². The second kappa shape index (κ2) is 4.24. The summed E-state index contributed by atoms with van der Waals surface area (Å²) in [5, 5.41) is 1.22. The van der Waals surface area contributed by atoms with Crippen molar-refractivity contribution in [2.24, 2.45) is 7.05 Å². The molecule has 0 aliphatic carbocycles. The van der Waals surface area contributed by atoms with Crippen LogP contribution in [-0.2, 0) is 11.8 Å². The van der Waals surface area contributed by atoms with E-state index in [0.717, 1.165) is 0 Å². The molecule has 90 valence electrons. The Hall–Kier alpha value is -1.77. The fourth-order valence-corrected chi connectivity index (χ4v) is 2.19. The van der Waals surface area contributed by atoms with Crippen molar-refractivity contribution < 1.29 is 4.79 Å². The Bertz CT molecular complexity index is 556. The average Bonchev–Trinajstić information content (AvgIpc) is 2.65. The summed E-state index contributed by atoms with van der Waals surface area (Å²) in [6.07, 6.45) is 2.11. The number of para-hydroxylation sites is 1. The summed E-state index contributed by atoms with van der Waals surface area (Å²) in [5.41, 5.74) is 2.40. The van der Waals surface area contributed by atoms with Crippen LogP contribution in [0, 0.1) is 0 Å². The van der Waals surface area contributed by atoms with Crippen LogP contribution in [0.1, 0.15) is 25.5 Å². The molecule has 0 fully saturated rings. The molecule has 0 saturated carbocycles. The number of aromatic nitrogens is 1. The number of fused-ring (bicyclic) bond motifs is 1. The molecule has 0 radical (unpaired) electrons. The lowest BCUT2D eigenvalue weighted by Crippen LogP contribution is -2.26. The van der Waals surface area contributed by atoms with Gasteiger partial charge in [0.25, 0.3) is 0 Å². The molecule has 0 saturated heterocycles. The normalized spacial score (nSPS) is 12.7. The van der Waals surface area contributed by atoms with E-state index < -0.39 is 0 Å². The minimum Gasteiger partial charge on any atom is -0.350 e. The molecule has 17 heavy (non-hydrogen) atoms. The highest BCUT2D eigenvalue weighted by Gasteiger charge is 2.18. The minimum atomic E-state index is 0.0884. The molecule has 0 aliphatic heterocycles. The van der Waals surface area contributed by atoms with Gasteiger partial charge in [0.15, 0.2) is 0 Å². The number of rotatable bonds is 2. The molecular formula is C14H18N2O. The number of carbonyl (C=O) groups excluding carboxylic acids is 1. The van der Waals surface area contributed by atoms with Crippen molar-refractivity contribution in [3.05, 3.63) is 36.0 Å². The van der Waals surface area contributed by atoms with Gasteiger partial charge in [0, 0.05) is 38.1 Å². The molecule has 0 spiro atoms. The Morgan fingerprint density at radius 2 is 2.00 bits per heavy atom. The molecule has 0 aliphatic rings. The fraction of sp³-hybridized carbons (Fsp3) is 0.357. The second-order valence-electron chi connectivity index (χ2n) is 4.52.